The highest BCUT2D eigenvalue weighted by atomic mass is 16.5. The van der Waals surface area contributed by atoms with E-state index in [1.807, 2.05) is 29.9 Å². The third-order valence-corrected chi connectivity index (χ3v) is 4.14. The number of anilines is 1. The summed E-state index contributed by atoms with van der Waals surface area (Å²) < 4.78 is 7.49. The predicted octanol–water partition coefficient (Wildman–Crippen LogP) is 1.01. The summed E-state index contributed by atoms with van der Waals surface area (Å²) in [7, 11) is 3.70. The molecule has 0 saturated carbocycles. The lowest BCUT2D eigenvalue weighted by Gasteiger charge is -2.18. The number of likely N-dealkylation sites (N-methyl/N-ethyl adjacent to an activating group) is 1. The van der Waals surface area contributed by atoms with E-state index in [0.717, 1.165) is 37.0 Å². The fourth-order valence-corrected chi connectivity index (χ4v) is 2.82. The number of hydrogen-bond donors (Lipinski definition) is 1. The van der Waals surface area contributed by atoms with Crippen LogP contribution in [0.1, 0.15) is 6.92 Å². The molecule has 0 aromatic carbocycles. The second-order valence-electron chi connectivity index (χ2n) is 5.54. The van der Waals surface area contributed by atoms with Crippen LogP contribution < -0.4 is 5.32 Å². The van der Waals surface area contributed by atoms with Crippen molar-refractivity contribution in [1.82, 2.24) is 24.6 Å². The quantitative estimate of drug-likeness (QED) is 0.889. The summed E-state index contributed by atoms with van der Waals surface area (Å²) in [5, 5.41) is 12.0. The van der Waals surface area contributed by atoms with Gasteiger partial charge in [0.2, 0.25) is 0 Å². The van der Waals surface area contributed by atoms with Gasteiger partial charge >= 0.3 is 0 Å². The van der Waals surface area contributed by atoms with Gasteiger partial charge in [-0.05, 0) is 18.7 Å². The van der Waals surface area contributed by atoms with Crippen molar-refractivity contribution in [3.63, 3.8) is 0 Å². The lowest BCUT2D eigenvalue weighted by Crippen LogP contribution is -2.34. The first kappa shape index (κ1) is 14.9. The second kappa shape index (κ2) is 6.41. The van der Waals surface area contributed by atoms with Crippen LogP contribution in [0.3, 0.4) is 0 Å². The van der Waals surface area contributed by atoms with Crippen LogP contribution in [0.2, 0.25) is 0 Å². The summed E-state index contributed by atoms with van der Waals surface area (Å²) in [5.74, 6) is 1.58. The first-order chi connectivity index (χ1) is 10.7. The molecule has 1 N–H and O–H groups in total. The highest BCUT2D eigenvalue weighted by molar-refractivity contribution is 5.51. The molecule has 0 bridgehead atoms. The van der Waals surface area contributed by atoms with Crippen molar-refractivity contribution in [1.29, 1.82) is 0 Å². The number of aromatic nitrogens is 4. The van der Waals surface area contributed by atoms with E-state index in [4.69, 9.17) is 4.74 Å². The minimum absolute atomic E-state index is 0.177. The number of nitrogens with one attached hydrogen (secondary N) is 1. The largest absolute Gasteiger partial charge is 0.378 e. The minimum Gasteiger partial charge on any atom is -0.378 e. The van der Waals surface area contributed by atoms with Gasteiger partial charge in [-0.3, -0.25) is 4.90 Å². The van der Waals surface area contributed by atoms with Crippen LogP contribution in [0, 0.1) is 0 Å². The van der Waals surface area contributed by atoms with Crippen LogP contribution in [0.5, 0.6) is 0 Å². The normalized spacial score (nSPS) is 22.1. The molecule has 1 aliphatic rings. The average molecular weight is 302 g/mol. The van der Waals surface area contributed by atoms with Gasteiger partial charge in [0.25, 0.3) is 0 Å². The van der Waals surface area contributed by atoms with E-state index in [2.05, 4.69) is 32.3 Å². The van der Waals surface area contributed by atoms with Crippen LogP contribution in [0.15, 0.2) is 24.5 Å². The average Bonchev–Trinajstić information content (AvgIpc) is 3.14. The van der Waals surface area contributed by atoms with Crippen molar-refractivity contribution in [3.8, 4) is 11.5 Å². The molecule has 1 fully saturated rings. The molecular weight excluding hydrogens is 280 g/mol. The Morgan fingerprint density at radius 1 is 1.32 bits per heavy atom. The molecule has 2 atom stereocenters. The van der Waals surface area contributed by atoms with E-state index in [0.29, 0.717) is 0 Å². The topological polar surface area (TPSA) is 68.1 Å². The van der Waals surface area contributed by atoms with Gasteiger partial charge in [-0.1, -0.05) is 6.92 Å². The first-order valence-electron chi connectivity index (χ1n) is 7.54. The second-order valence-corrected chi connectivity index (χ2v) is 5.54. The third-order valence-electron chi connectivity index (χ3n) is 4.14. The summed E-state index contributed by atoms with van der Waals surface area (Å²) in [5.41, 5.74) is 0.767. The molecule has 3 heterocycles. The van der Waals surface area contributed by atoms with Gasteiger partial charge in [0.1, 0.15) is 11.5 Å². The SMILES string of the molecule is CCN1C[C@H](Nc2ccc(-c3nccn3C)nn2)[C@@H](OC)C1. The van der Waals surface area contributed by atoms with E-state index in [1.54, 1.807) is 13.3 Å². The molecule has 1 saturated heterocycles. The molecule has 2 aromatic rings. The van der Waals surface area contributed by atoms with Gasteiger partial charge in [-0.15, -0.1) is 10.2 Å². The highest BCUT2D eigenvalue weighted by Gasteiger charge is 2.32. The number of nitrogens with zero attached hydrogens (tertiary/aromatic N) is 5. The molecule has 0 radical (unpaired) electrons. The molecule has 0 aliphatic carbocycles. The van der Waals surface area contributed by atoms with Gasteiger partial charge in [0.05, 0.1) is 12.1 Å². The molecule has 1 aliphatic heterocycles. The molecule has 0 spiro atoms. The van der Waals surface area contributed by atoms with Crippen molar-refractivity contribution in [3.05, 3.63) is 24.5 Å². The van der Waals surface area contributed by atoms with E-state index in [-0.39, 0.29) is 12.1 Å². The number of methoxy groups -OCH3 is 1. The molecule has 7 heteroatoms. The molecule has 3 rings (SSSR count). The lowest BCUT2D eigenvalue weighted by molar-refractivity contribution is 0.102. The van der Waals surface area contributed by atoms with Crippen LogP contribution >= 0.6 is 0 Å². The van der Waals surface area contributed by atoms with Crippen LogP contribution in [-0.2, 0) is 11.8 Å². The Morgan fingerprint density at radius 3 is 2.77 bits per heavy atom. The molecule has 118 valence electrons. The van der Waals surface area contributed by atoms with Gasteiger partial charge in [-0.2, -0.15) is 0 Å². The first-order valence-corrected chi connectivity index (χ1v) is 7.54. The Labute approximate surface area is 130 Å². The Balaban J connectivity index is 1.70. The van der Waals surface area contributed by atoms with E-state index >= 15 is 0 Å². The molecule has 2 aromatic heterocycles. The molecule has 7 nitrogen and oxygen atoms in total. The predicted molar refractivity (Wildman–Crippen MR) is 84.6 cm³/mol. The summed E-state index contributed by atoms with van der Waals surface area (Å²) >= 11 is 0. The summed E-state index contributed by atoms with van der Waals surface area (Å²) in [6, 6.07) is 4.11. The zero-order valence-corrected chi connectivity index (χ0v) is 13.2. The standard InChI is InChI=1S/C15H22N6O/c1-4-21-9-12(13(10-21)22-3)17-14-6-5-11(18-19-14)15-16-7-8-20(15)2/h5-8,12-13H,4,9-10H2,1-3H3,(H,17,19)/t12-,13-/m0/s1. The van der Waals surface area contributed by atoms with Crippen LogP contribution in [0.25, 0.3) is 11.5 Å². The fraction of sp³-hybridized carbons (Fsp3) is 0.533. The van der Waals surface area contributed by atoms with E-state index < -0.39 is 0 Å². The van der Waals surface area contributed by atoms with Gasteiger partial charge in [-0.25, -0.2) is 4.98 Å². The van der Waals surface area contributed by atoms with Crippen molar-refractivity contribution < 1.29 is 4.74 Å². The monoisotopic (exact) mass is 302 g/mol. The van der Waals surface area contributed by atoms with Crippen LogP contribution in [-0.4, -0.2) is 63.5 Å². The number of aryl methyl sites for hydroxylation is 1. The Morgan fingerprint density at radius 2 is 2.18 bits per heavy atom. The third kappa shape index (κ3) is 2.95. The van der Waals surface area contributed by atoms with Gasteiger partial charge in [0, 0.05) is 39.6 Å². The Kier molecular flexibility index (Phi) is 4.35. The fourth-order valence-electron chi connectivity index (χ4n) is 2.82. The zero-order chi connectivity index (χ0) is 15.5. The van der Waals surface area contributed by atoms with Crippen molar-refractivity contribution in [2.75, 3.05) is 32.1 Å². The number of likely N-dealkylation sites (tertiary alicyclic amines) is 1. The molecule has 22 heavy (non-hydrogen) atoms. The van der Waals surface area contributed by atoms with E-state index in [1.165, 1.54) is 0 Å². The number of ether oxygens (including phenoxy) is 1. The molecular formula is C15H22N6O. The van der Waals surface area contributed by atoms with Gasteiger partial charge in [0.15, 0.2) is 5.82 Å². The van der Waals surface area contributed by atoms with Crippen molar-refractivity contribution in [2.24, 2.45) is 7.05 Å². The maximum atomic E-state index is 5.56. The molecule has 0 unspecified atom stereocenters. The Bertz CT molecular complexity index is 611. The summed E-state index contributed by atoms with van der Waals surface area (Å²) in [4.78, 5) is 6.64. The summed E-state index contributed by atoms with van der Waals surface area (Å²) in [6.07, 6.45) is 3.82. The number of imidazole rings is 1. The smallest absolute Gasteiger partial charge is 0.160 e. The van der Waals surface area contributed by atoms with Gasteiger partial charge < -0.3 is 14.6 Å². The zero-order valence-electron chi connectivity index (χ0n) is 13.2. The van der Waals surface area contributed by atoms with E-state index in [9.17, 15) is 0 Å². The minimum atomic E-state index is 0.177. The highest BCUT2D eigenvalue weighted by Crippen LogP contribution is 2.18. The maximum Gasteiger partial charge on any atom is 0.160 e. The summed E-state index contributed by atoms with van der Waals surface area (Å²) in [6.45, 7) is 5.10. The van der Waals surface area contributed by atoms with Crippen molar-refractivity contribution >= 4 is 5.82 Å². The lowest BCUT2D eigenvalue weighted by atomic mass is 10.2. The number of hydrogen-bond acceptors (Lipinski definition) is 6. The maximum absolute atomic E-state index is 5.56. The van der Waals surface area contributed by atoms with Crippen LogP contribution in [0.4, 0.5) is 5.82 Å². The number of rotatable bonds is 5. The molecule has 0 amide bonds. The Hall–Kier alpha value is -1.99. The van der Waals surface area contributed by atoms with Crippen molar-refractivity contribution in [2.45, 2.75) is 19.1 Å².